The van der Waals surface area contributed by atoms with Gasteiger partial charge in [-0.05, 0) is 37.5 Å². The molecule has 0 rings (SSSR count). The lowest BCUT2D eigenvalue weighted by atomic mass is 10.0. The lowest BCUT2D eigenvalue weighted by molar-refractivity contribution is -0.161. The van der Waals surface area contributed by atoms with Crippen LogP contribution in [0.5, 0.6) is 0 Å². The fourth-order valence-electron chi connectivity index (χ4n) is 9.35. The van der Waals surface area contributed by atoms with E-state index in [0.717, 1.165) is 96.3 Å². The van der Waals surface area contributed by atoms with Crippen molar-refractivity contribution in [2.75, 3.05) is 39.6 Å². The summed E-state index contributed by atoms with van der Waals surface area (Å²) in [5.74, 6) is -0.791. The highest BCUT2D eigenvalue weighted by Gasteiger charge is 2.30. The number of carbonyl (C=O) groups excluding carboxylic acids is 4. The van der Waals surface area contributed by atoms with Gasteiger partial charge in [-0.1, -0.05) is 260 Å². The van der Waals surface area contributed by atoms with Gasteiger partial charge in [-0.25, -0.2) is 9.13 Å². The molecule has 0 fully saturated rings. The first-order chi connectivity index (χ1) is 39.4. The SMILES string of the molecule is CCCCCCCCCCCCCCCCC(=O)O[C@H](COC(=O)CCCCCCCCCCCC)COP(=O)(O)OC[C@@H](O)COP(=O)(O)OC[C@@H](COC(=O)CCCCCCCCC(C)C)OC(=O)CCCCCCCCC(C)C. The number of unbranched alkanes of at least 4 members (excludes halogenated alkanes) is 32. The first-order valence-electron chi connectivity index (χ1n) is 33.0. The van der Waals surface area contributed by atoms with Crippen molar-refractivity contribution >= 4 is 39.5 Å². The Labute approximate surface area is 498 Å². The molecule has 82 heavy (non-hydrogen) atoms. The van der Waals surface area contributed by atoms with Gasteiger partial charge in [0.25, 0.3) is 0 Å². The van der Waals surface area contributed by atoms with E-state index in [1.807, 2.05) is 0 Å². The first kappa shape index (κ1) is 80.1. The average Bonchev–Trinajstić information content (AvgIpc) is 3.43. The van der Waals surface area contributed by atoms with Crippen molar-refractivity contribution in [3.8, 4) is 0 Å². The van der Waals surface area contributed by atoms with Gasteiger partial charge in [-0.3, -0.25) is 37.3 Å². The number of phosphoric acid groups is 2. The Kier molecular flexibility index (Phi) is 54.3. The summed E-state index contributed by atoms with van der Waals surface area (Å²) in [6.45, 7) is 9.31. The number of esters is 4. The molecule has 0 heterocycles. The second-order valence-electron chi connectivity index (χ2n) is 23.7. The Morgan fingerprint density at radius 3 is 0.829 bits per heavy atom. The highest BCUT2D eigenvalue weighted by atomic mass is 31.2. The van der Waals surface area contributed by atoms with Gasteiger partial charge in [-0.2, -0.15) is 0 Å². The molecule has 486 valence electrons. The molecule has 0 aromatic rings. The smallest absolute Gasteiger partial charge is 0.462 e. The van der Waals surface area contributed by atoms with Crippen LogP contribution in [0.2, 0.25) is 0 Å². The van der Waals surface area contributed by atoms with Crippen LogP contribution in [-0.2, 0) is 65.4 Å². The lowest BCUT2D eigenvalue weighted by Crippen LogP contribution is -2.30. The van der Waals surface area contributed by atoms with E-state index in [1.165, 1.54) is 122 Å². The molecule has 0 saturated carbocycles. The van der Waals surface area contributed by atoms with Crippen LogP contribution >= 0.6 is 15.6 Å². The van der Waals surface area contributed by atoms with Gasteiger partial charge in [0.1, 0.15) is 19.3 Å². The van der Waals surface area contributed by atoms with Crippen LogP contribution in [0, 0.1) is 11.8 Å². The molecule has 0 saturated heterocycles. The van der Waals surface area contributed by atoms with Crippen LogP contribution < -0.4 is 0 Å². The van der Waals surface area contributed by atoms with E-state index >= 15 is 0 Å². The van der Waals surface area contributed by atoms with Crippen LogP contribution in [0.25, 0.3) is 0 Å². The minimum Gasteiger partial charge on any atom is -0.462 e. The lowest BCUT2D eigenvalue weighted by Gasteiger charge is -2.21. The highest BCUT2D eigenvalue weighted by Crippen LogP contribution is 2.45. The molecule has 0 spiro atoms. The zero-order valence-electron chi connectivity index (χ0n) is 52.8. The Morgan fingerprint density at radius 1 is 0.329 bits per heavy atom. The minimum absolute atomic E-state index is 0.101. The number of aliphatic hydroxyl groups is 1. The molecule has 19 heteroatoms. The van der Waals surface area contributed by atoms with Crippen LogP contribution in [0.3, 0.4) is 0 Å². The van der Waals surface area contributed by atoms with Crippen LogP contribution in [0.4, 0.5) is 0 Å². The number of phosphoric ester groups is 2. The van der Waals surface area contributed by atoms with E-state index < -0.39 is 97.5 Å². The van der Waals surface area contributed by atoms with Gasteiger partial charge in [0.2, 0.25) is 0 Å². The predicted octanol–water partition coefficient (Wildman–Crippen LogP) is 17.3. The maximum atomic E-state index is 13.0. The zero-order chi connectivity index (χ0) is 60.8. The summed E-state index contributed by atoms with van der Waals surface area (Å²) in [5.41, 5.74) is 0. The van der Waals surface area contributed by atoms with Crippen molar-refractivity contribution in [2.24, 2.45) is 11.8 Å². The summed E-state index contributed by atoms with van der Waals surface area (Å²) in [4.78, 5) is 72.1. The molecule has 0 aromatic heterocycles. The molecule has 17 nitrogen and oxygen atoms in total. The van der Waals surface area contributed by atoms with Crippen molar-refractivity contribution in [1.29, 1.82) is 0 Å². The Balaban J connectivity index is 5.22. The molecule has 5 atom stereocenters. The number of rotatable bonds is 62. The fourth-order valence-corrected chi connectivity index (χ4v) is 10.9. The van der Waals surface area contributed by atoms with Gasteiger partial charge < -0.3 is 33.8 Å². The Bertz CT molecular complexity index is 1620. The van der Waals surface area contributed by atoms with E-state index in [-0.39, 0.29) is 25.7 Å². The molecule has 0 amide bonds. The minimum atomic E-state index is -4.94. The monoisotopic (exact) mass is 1210 g/mol. The molecule has 0 aliphatic rings. The Morgan fingerprint density at radius 2 is 0.561 bits per heavy atom. The normalized spacial score (nSPS) is 14.3. The van der Waals surface area contributed by atoms with E-state index in [0.29, 0.717) is 37.5 Å². The van der Waals surface area contributed by atoms with Crippen molar-refractivity contribution in [3.05, 3.63) is 0 Å². The van der Waals surface area contributed by atoms with Crippen molar-refractivity contribution in [3.63, 3.8) is 0 Å². The van der Waals surface area contributed by atoms with Gasteiger partial charge in [0.15, 0.2) is 12.2 Å². The molecule has 2 unspecified atom stereocenters. The standard InChI is InChI=1S/C63H122O17P2/c1-7-9-11-13-15-17-19-20-21-22-24-26-35-41-47-62(67)79-58(51-73-60(65)45-39-33-25-23-18-16-14-12-10-8-2)53-77-81(69,70)75-49-57(64)50-76-82(71,72)78-54-59(80-63(68)48-42-36-30-28-32-38-44-56(5)6)52-74-61(66)46-40-34-29-27-31-37-43-55(3)4/h55-59,64H,7-54H2,1-6H3,(H,69,70)(H,71,72)/t57-,58-,59-/m1/s1. The van der Waals surface area contributed by atoms with E-state index in [4.69, 9.17) is 37.0 Å². The van der Waals surface area contributed by atoms with Crippen molar-refractivity contribution in [2.45, 2.75) is 330 Å². The van der Waals surface area contributed by atoms with Gasteiger partial charge in [0.05, 0.1) is 26.4 Å². The molecule has 0 radical (unpaired) electrons. The summed E-state index contributed by atoms with van der Waals surface area (Å²) < 4.78 is 67.9. The summed E-state index contributed by atoms with van der Waals surface area (Å²) in [5, 5.41) is 10.5. The third-order valence-electron chi connectivity index (χ3n) is 14.5. The molecule has 0 bridgehead atoms. The largest absolute Gasteiger partial charge is 0.472 e. The van der Waals surface area contributed by atoms with Gasteiger partial charge in [-0.15, -0.1) is 0 Å². The summed E-state index contributed by atoms with van der Waals surface area (Å²) in [6.07, 6.45) is 37.8. The summed E-state index contributed by atoms with van der Waals surface area (Å²) in [7, 11) is -9.88. The van der Waals surface area contributed by atoms with Crippen LogP contribution in [0.15, 0.2) is 0 Å². The maximum absolute atomic E-state index is 13.0. The molecule has 0 aliphatic carbocycles. The quantitative estimate of drug-likeness (QED) is 0.0222. The summed E-state index contributed by atoms with van der Waals surface area (Å²) >= 11 is 0. The third-order valence-corrected chi connectivity index (χ3v) is 16.4. The topological polar surface area (TPSA) is 237 Å². The van der Waals surface area contributed by atoms with E-state index in [2.05, 4.69) is 41.5 Å². The Hall–Kier alpha value is -1.94. The first-order valence-corrected chi connectivity index (χ1v) is 36.0. The molecule has 0 aromatic carbocycles. The average molecular weight is 1210 g/mol. The van der Waals surface area contributed by atoms with E-state index in [9.17, 15) is 43.2 Å². The summed E-state index contributed by atoms with van der Waals surface area (Å²) in [6, 6.07) is 0. The second-order valence-corrected chi connectivity index (χ2v) is 26.7. The second kappa shape index (κ2) is 55.6. The zero-order valence-corrected chi connectivity index (χ0v) is 54.6. The highest BCUT2D eigenvalue weighted by molar-refractivity contribution is 7.47. The third kappa shape index (κ3) is 57.2. The van der Waals surface area contributed by atoms with Gasteiger partial charge >= 0.3 is 39.5 Å². The van der Waals surface area contributed by atoms with E-state index in [1.54, 1.807) is 0 Å². The molecule has 3 N–H and O–H groups in total. The number of carbonyl (C=O) groups is 4. The van der Waals surface area contributed by atoms with Crippen molar-refractivity contribution < 1.29 is 80.2 Å². The number of aliphatic hydroxyl groups excluding tert-OH is 1. The maximum Gasteiger partial charge on any atom is 0.472 e. The van der Waals surface area contributed by atoms with Crippen molar-refractivity contribution in [1.82, 2.24) is 0 Å². The molecular formula is C63H122O17P2. The van der Waals surface area contributed by atoms with Crippen LogP contribution in [-0.4, -0.2) is 96.7 Å². The predicted molar refractivity (Wildman–Crippen MR) is 326 cm³/mol. The molecular weight excluding hydrogens is 1090 g/mol. The van der Waals surface area contributed by atoms with Crippen LogP contribution in [0.1, 0.15) is 311 Å². The number of ether oxygens (including phenoxy) is 4. The van der Waals surface area contributed by atoms with Gasteiger partial charge in [0, 0.05) is 25.7 Å². The molecule has 0 aliphatic heterocycles. The number of hydrogen-bond acceptors (Lipinski definition) is 15. The number of hydrogen-bond donors (Lipinski definition) is 3. The fraction of sp³-hybridized carbons (Fsp3) is 0.937.